The van der Waals surface area contributed by atoms with E-state index in [9.17, 15) is 4.79 Å². The summed E-state index contributed by atoms with van der Waals surface area (Å²) in [6, 6.07) is 19.1. The molecule has 110 valence electrons. The molecule has 0 aliphatic carbocycles. The minimum Gasteiger partial charge on any atom is -0.481 e. The highest BCUT2D eigenvalue weighted by Crippen LogP contribution is 2.15. The quantitative estimate of drug-likeness (QED) is 0.821. The number of aryl methyl sites for hydroxylation is 1. The monoisotopic (exact) mass is 282 g/mol. The van der Waals surface area contributed by atoms with E-state index in [0.29, 0.717) is 0 Å². The fourth-order valence-corrected chi connectivity index (χ4v) is 2.47. The van der Waals surface area contributed by atoms with Crippen LogP contribution in [0.2, 0.25) is 0 Å². The van der Waals surface area contributed by atoms with Gasteiger partial charge in [-0.1, -0.05) is 61.5 Å². The average molecular weight is 282 g/mol. The Morgan fingerprint density at radius 2 is 1.52 bits per heavy atom. The van der Waals surface area contributed by atoms with Gasteiger partial charge >= 0.3 is 5.97 Å². The molecular weight excluding hydrogens is 260 g/mol. The molecule has 1 unspecified atom stereocenters. The SMILES string of the molecule is CC(CCc1ccc(Cc2ccccc2)cc1)CC(=O)O. The summed E-state index contributed by atoms with van der Waals surface area (Å²) < 4.78 is 0. The number of hydrogen-bond donors (Lipinski definition) is 1. The third-order valence-electron chi connectivity index (χ3n) is 3.72. The Morgan fingerprint density at radius 1 is 0.952 bits per heavy atom. The number of carboxylic acid groups (broad SMARTS) is 1. The van der Waals surface area contributed by atoms with Gasteiger partial charge in [0.2, 0.25) is 0 Å². The molecular formula is C19H22O2. The van der Waals surface area contributed by atoms with Gasteiger partial charge in [-0.05, 0) is 41.9 Å². The average Bonchev–Trinajstić information content (AvgIpc) is 2.47. The van der Waals surface area contributed by atoms with Gasteiger partial charge in [0.25, 0.3) is 0 Å². The zero-order valence-electron chi connectivity index (χ0n) is 12.5. The molecule has 0 heterocycles. The van der Waals surface area contributed by atoms with Gasteiger partial charge < -0.3 is 5.11 Å². The van der Waals surface area contributed by atoms with Crippen LogP contribution in [0.25, 0.3) is 0 Å². The number of carboxylic acids is 1. The molecule has 0 amide bonds. The van der Waals surface area contributed by atoms with Crippen molar-refractivity contribution in [3.8, 4) is 0 Å². The van der Waals surface area contributed by atoms with Gasteiger partial charge in [-0.3, -0.25) is 4.79 Å². The van der Waals surface area contributed by atoms with E-state index in [-0.39, 0.29) is 12.3 Å². The first-order valence-corrected chi connectivity index (χ1v) is 7.47. The molecule has 0 radical (unpaired) electrons. The molecule has 2 rings (SSSR count). The summed E-state index contributed by atoms with van der Waals surface area (Å²) in [6.45, 7) is 2.00. The van der Waals surface area contributed by atoms with Crippen molar-refractivity contribution in [2.24, 2.45) is 5.92 Å². The van der Waals surface area contributed by atoms with Crippen molar-refractivity contribution < 1.29 is 9.90 Å². The Kier molecular flexibility index (Phi) is 5.56. The second-order valence-corrected chi connectivity index (χ2v) is 5.72. The Balaban J connectivity index is 1.86. The molecule has 1 N–H and O–H groups in total. The summed E-state index contributed by atoms with van der Waals surface area (Å²) in [5.74, 6) is -0.479. The lowest BCUT2D eigenvalue weighted by atomic mass is 9.97. The lowest BCUT2D eigenvalue weighted by Crippen LogP contribution is -2.05. The molecule has 2 aromatic rings. The summed E-state index contributed by atoms with van der Waals surface area (Å²) in [6.07, 6.45) is 3.08. The Bertz CT molecular complexity index is 558. The molecule has 0 aromatic heterocycles. The van der Waals surface area contributed by atoms with E-state index in [2.05, 4.69) is 48.5 Å². The van der Waals surface area contributed by atoms with Crippen molar-refractivity contribution in [3.63, 3.8) is 0 Å². The normalized spacial score (nSPS) is 12.0. The van der Waals surface area contributed by atoms with Crippen LogP contribution in [0.1, 0.15) is 36.5 Å². The van der Waals surface area contributed by atoms with Crippen LogP contribution in [0.5, 0.6) is 0 Å². The van der Waals surface area contributed by atoms with Crippen LogP contribution >= 0.6 is 0 Å². The lowest BCUT2D eigenvalue weighted by molar-refractivity contribution is -0.138. The van der Waals surface area contributed by atoms with Crippen molar-refractivity contribution in [1.82, 2.24) is 0 Å². The summed E-state index contributed by atoms with van der Waals surface area (Å²) in [5, 5.41) is 8.76. The first kappa shape index (κ1) is 15.3. The highest BCUT2D eigenvalue weighted by Gasteiger charge is 2.07. The van der Waals surface area contributed by atoms with Crippen molar-refractivity contribution in [2.75, 3.05) is 0 Å². The summed E-state index contributed by atoms with van der Waals surface area (Å²) in [4.78, 5) is 10.6. The maximum Gasteiger partial charge on any atom is 0.303 e. The van der Waals surface area contributed by atoms with Gasteiger partial charge in [0.1, 0.15) is 0 Å². The smallest absolute Gasteiger partial charge is 0.303 e. The molecule has 0 saturated heterocycles. The Morgan fingerprint density at radius 3 is 2.14 bits per heavy atom. The van der Waals surface area contributed by atoms with Crippen LogP contribution in [-0.4, -0.2) is 11.1 Å². The van der Waals surface area contributed by atoms with Crippen molar-refractivity contribution in [3.05, 3.63) is 71.3 Å². The van der Waals surface area contributed by atoms with Crippen LogP contribution in [0, 0.1) is 5.92 Å². The molecule has 2 nitrogen and oxygen atoms in total. The molecule has 0 spiro atoms. The molecule has 2 heteroatoms. The van der Waals surface area contributed by atoms with Gasteiger partial charge in [0, 0.05) is 6.42 Å². The van der Waals surface area contributed by atoms with E-state index in [4.69, 9.17) is 5.11 Å². The molecule has 0 fully saturated rings. The van der Waals surface area contributed by atoms with Gasteiger partial charge in [0.15, 0.2) is 0 Å². The highest BCUT2D eigenvalue weighted by atomic mass is 16.4. The molecule has 0 aliphatic rings. The standard InChI is InChI=1S/C19H22O2/c1-15(13-19(20)21)7-8-16-9-11-18(12-10-16)14-17-5-3-2-4-6-17/h2-6,9-12,15H,7-8,13-14H2,1H3,(H,20,21). The number of hydrogen-bond acceptors (Lipinski definition) is 1. The Labute approximate surface area is 126 Å². The first-order chi connectivity index (χ1) is 10.1. The zero-order valence-corrected chi connectivity index (χ0v) is 12.5. The number of benzene rings is 2. The van der Waals surface area contributed by atoms with Crippen LogP contribution in [0.15, 0.2) is 54.6 Å². The van der Waals surface area contributed by atoms with Gasteiger partial charge in [-0.25, -0.2) is 0 Å². The third-order valence-corrected chi connectivity index (χ3v) is 3.72. The van der Waals surface area contributed by atoms with E-state index < -0.39 is 5.97 Å². The van der Waals surface area contributed by atoms with E-state index in [0.717, 1.165) is 19.3 Å². The third kappa shape index (κ3) is 5.42. The van der Waals surface area contributed by atoms with Crippen LogP contribution in [0.4, 0.5) is 0 Å². The van der Waals surface area contributed by atoms with E-state index >= 15 is 0 Å². The molecule has 21 heavy (non-hydrogen) atoms. The fourth-order valence-electron chi connectivity index (χ4n) is 2.47. The van der Waals surface area contributed by atoms with Gasteiger partial charge in [-0.15, -0.1) is 0 Å². The minimum atomic E-state index is -0.708. The van der Waals surface area contributed by atoms with Crippen LogP contribution in [0.3, 0.4) is 0 Å². The summed E-state index contributed by atoms with van der Waals surface area (Å²) in [5.41, 5.74) is 3.91. The van der Waals surface area contributed by atoms with Gasteiger partial charge in [0.05, 0.1) is 0 Å². The number of carbonyl (C=O) groups is 1. The maximum absolute atomic E-state index is 10.6. The number of rotatable bonds is 7. The van der Waals surface area contributed by atoms with Crippen LogP contribution < -0.4 is 0 Å². The molecule has 0 bridgehead atoms. The number of aliphatic carboxylic acids is 1. The van der Waals surface area contributed by atoms with E-state index in [1.807, 2.05) is 13.0 Å². The van der Waals surface area contributed by atoms with Gasteiger partial charge in [-0.2, -0.15) is 0 Å². The maximum atomic E-state index is 10.6. The van der Waals surface area contributed by atoms with Crippen molar-refractivity contribution in [1.29, 1.82) is 0 Å². The predicted molar refractivity (Wildman–Crippen MR) is 85.4 cm³/mol. The lowest BCUT2D eigenvalue weighted by Gasteiger charge is -2.09. The molecule has 0 aliphatic heterocycles. The minimum absolute atomic E-state index is 0.228. The largest absolute Gasteiger partial charge is 0.481 e. The molecule has 1 atom stereocenters. The van der Waals surface area contributed by atoms with E-state index in [1.54, 1.807) is 0 Å². The predicted octanol–water partition coefficient (Wildman–Crippen LogP) is 4.32. The fraction of sp³-hybridized carbons (Fsp3) is 0.316. The molecule has 2 aromatic carbocycles. The van der Waals surface area contributed by atoms with Crippen LogP contribution in [-0.2, 0) is 17.6 Å². The molecule has 0 saturated carbocycles. The highest BCUT2D eigenvalue weighted by molar-refractivity contribution is 5.66. The zero-order chi connectivity index (χ0) is 15.1. The topological polar surface area (TPSA) is 37.3 Å². The summed E-state index contributed by atoms with van der Waals surface area (Å²) >= 11 is 0. The van der Waals surface area contributed by atoms with E-state index in [1.165, 1.54) is 16.7 Å². The summed E-state index contributed by atoms with van der Waals surface area (Å²) in [7, 11) is 0. The Hall–Kier alpha value is -2.09. The second kappa shape index (κ2) is 7.63. The first-order valence-electron chi connectivity index (χ1n) is 7.47. The second-order valence-electron chi connectivity index (χ2n) is 5.72. The van der Waals surface area contributed by atoms with Crippen molar-refractivity contribution in [2.45, 2.75) is 32.6 Å². The van der Waals surface area contributed by atoms with Crippen molar-refractivity contribution >= 4 is 5.97 Å².